The fraction of sp³-hybridized carbons (Fsp3) is 0.846. The molecule has 0 aromatic heterocycles. The average Bonchev–Trinajstić information content (AvgIpc) is 2.62. The lowest BCUT2D eigenvalue weighted by Crippen LogP contribution is -2.42. The first kappa shape index (κ1) is 15.9. The van der Waals surface area contributed by atoms with Crippen molar-refractivity contribution >= 4 is 11.9 Å². The number of carbonyl (C=O) groups excluding carboxylic acids is 1. The summed E-state index contributed by atoms with van der Waals surface area (Å²) in [5.74, 6) is -1.09. The van der Waals surface area contributed by atoms with Gasteiger partial charge in [0.25, 0.3) is 0 Å². The van der Waals surface area contributed by atoms with E-state index in [9.17, 15) is 9.59 Å². The van der Waals surface area contributed by atoms with Crippen LogP contribution in [-0.4, -0.2) is 59.8 Å². The van der Waals surface area contributed by atoms with E-state index in [4.69, 9.17) is 9.84 Å². The minimum atomic E-state index is -0.806. The third-order valence-electron chi connectivity index (χ3n) is 2.91. The van der Waals surface area contributed by atoms with Gasteiger partial charge in [-0.2, -0.15) is 0 Å². The van der Waals surface area contributed by atoms with Crippen molar-refractivity contribution in [3.63, 3.8) is 0 Å². The molecule has 19 heavy (non-hydrogen) atoms. The maximum absolute atomic E-state index is 11.5. The Morgan fingerprint density at radius 1 is 1.42 bits per heavy atom. The molecule has 0 spiro atoms. The van der Waals surface area contributed by atoms with Gasteiger partial charge >= 0.3 is 11.9 Å². The molecule has 110 valence electrons. The van der Waals surface area contributed by atoms with Crippen molar-refractivity contribution in [3.8, 4) is 0 Å². The third-order valence-corrected chi connectivity index (χ3v) is 2.91. The minimum Gasteiger partial charge on any atom is -0.480 e. The Hall–Kier alpha value is -1.14. The second-order valence-corrected chi connectivity index (χ2v) is 5.88. The number of rotatable bonds is 6. The van der Waals surface area contributed by atoms with Crippen LogP contribution in [0.25, 0.3) is 0 Å². The number of likely N-dealkylation sites (tertiary alicyclic amines) is 1. The van der Waals surface area contributed by atoms with Crippen molar-refractivity contribution in [1.29, 1.82) is 0 Å². The van der Waals surface area contributed by atoms with Gasteiger partial charge in [-0.3, -0.25) is 14.5 Å². The van der Waals surface area contributed by atoms with Gasteiger partial charge < -0.3 is 15.2 Å². The smallest absolute Gasteiger partial charge is 0.320 e. The lowest BCUT2D eigenvalue weighted by atomic mass is 10.2. The monoisotopic (exact) mass is 272 g/mol. The van der Waals surface area contributed by atoms with E-state index in [2.05, 4.69) is 5.32 Å². The summed E-state index contributed by atoms with van der Waals surface area (Å²) in [6.45, 7) is 7.15. The molecule has 2 N–H and O–H groups in total. The normalized spacial score (nSPS) is 20.5. The number of ether oxygens (including phenoxy) is 1. The minimum absolute atomic E-state index is 0.0682. The van der Waals surface area contributed by atoms with Crippen molar-refractivity contribution in [3.05, 3.63) is 0 Å². The Balaban J connectivity index is 2.25. The van der Waals surface area contributed by atoms with E-state index in [0.717, 1.165) is 19.4 Å². The Bertz CT molecular complexity index is 325. The maximum atomic E-state index is 11.5. The second-order valence-electron chi connectivity index (χ2n) is 5.88. The van der Waals surface area contributed by atoms with Gasteiger partial charge in [0.2, 0.25) is 0 Å². The van der Waals surface area contributed by atoms with Crippen molar-refractivity contribution < 1.29 is 19.4 Å². The van der Waals surface area contributed by atoms with Crippen LogP contribution >= 0.6 is 0 Å². The molecule has 0 aromatic carbocycles. The molecule has 6 heteroatoms. The van der Waals surface area contributed by atoms with Crippen LogP contribution in [0.4, 0.5) is 0 Å². The number of nitrogens with zero attached hydrogens (tertiary/aromatic N) is 1. The molecule has 1 heterocycles. The molecule has 1 fully saturated rings. The third kappa shape index (κ3) is 6.54. The Morgan fingerprint density at radius 3 is 2.68 bits per heavy atom. The van der Waals surface area contributed by atoms with Gasteiger partial charge in [-0.25, -0.2) is 0 Å². The topological polar surface area (TPSA) is 78.9 Å². The SMILES string of the molecule is CC(C)(C)OC(=O)CNC[C@@H]1CCCN1CC(=O)O. The van der Waals surface area contributed by atoms with E-state index in [1.807, 2.05) is 25.7 Å². The highest BCUT2D eigenvalue weighted by atomic mass is 16.6. The van der Waals surface area contributed by atoms with Gasteiger partial charge in [-0.15, -0.1) is 0 Å². The van der Waals surface area contributed by atoms with Gasteiger partial charge in [0.15, 0.2) is 0 Å². The fourth-order valence-corrected chi connectivity index (χ4v) is 2.23. The highest BCUT2D eigenvalue weighted by molar-refractivity contribution is 5.72. The second kappa shape index (κ2) is 6.86. The fourth-order valence-electron chi connectivity index (χ4n) is 2.23. The number of carboxylic acid groups (broad SMARTS) is 1. The van der Waals surface area contributed by atoms with Crippen LogP contribution in [0.2, 0.25) is 0 Å². The Labute approximate surface area is 114 Å². The summed E-state index contributed by atoms with van der Waals surface area (Å²) in [6, 6.07) is 0.193. The molecule has 1 aliphatic rings. The van der Waals surface area contributed by atoms with Crippen molar-refractivity contribution in [2.75, 3.05) is 26.2 Å². The summed E-state index contributed by atoms with van der Waals surface area (Å²) >= 11 is 0. The largest absolute Gasteiger partial charge is 0.480 e. The predicted molar refractivity (Wildman–Crippen MR) is 70.9 cm³/mol. The first-order valence-electron chi connectivity index (χ1n) is 6.66. The number of carboxylic acids is 1. The summed E-state index contributed by atoms with van der Waals surface area (Å²) in [6.07, 6.45) is 1.97. The Kier molecular flexibility index (Phi) is 5.75. The zero-order chi connectivity index (χ0) is 14.5. The predicted octanol–water partition coefficient (Wildman–Crippen LogP) is 0.467. The molecule has 0 saturated carbocycles. The zero-order valence-corrected chi connectivity index (χ0v) is 11.9. The molecule has 1 saturated heterocycles. The highest BCUT2D eigenvalue weighted by Gasteiger charge is 2.26. The van der Waals surface area contributed by atoms with Crippen LogP contribution in [0.5, 0.6) is 0 Å². The number of carbonyl (C=O) groups is 2. The van der Waals surface area contributed by atoms with E-state index >= 15 is 0 Å². The zero-order valence-electron chi connectivity index (χ0n) is 11.9. The number of nitrogens with one attached hydrogen (secondary N) is 1. The lowest BCUT2D eigenvalue weighted by molar-refractivity contribution is -0.153. The molecule has 0 aromatic rings. The van der Waals surface area contributed by atoms with Crippen LogP contribution < -0.4 is 5.32 Å². The number of hydrogen-bond donors (Lipinski definition) is 2. The number of aliphatic carboxylic acids is 1. The molecule has 0 radical (unpaired) electrons. The molecule has 6 nitrogen and oxygen atoms in total. The molecule has 1 atom stereocenters. The Morgan fingerprint density at radius 2 is 2.11 bits per heavy atom. The lowest BCUT2D eigenvalue weighted by Gasteiger charge is -2.23. The van der Waals surface area contributed by atoms with E-state index in [-0.39, 0.29) is 25.1 Å². The van der Waals surface area contributed by atoms with E-state index in [1.165, 1.54) is 0 Å². The number of esters is 1. The van der Waals surface area contributed by atoms with E-state index in [0.29, 0.717) is 6.54 Å². The molecule has 0 unspecified atom stereocenters. The van der Waals surface area contributed by atoms with Crippen molar-refractivity contribution in [2.24, 2.45) is 0 Å². The van der Waals surface area contributed by atoms with Crippen molar-refractivity contribution in [1.82, 2.24) is 10.2 Å². The van der Waals surface area contributed by atoms with Crippen molar-refractivity contribution in [2.45, 2.75) is 45.3 Å². The van der Waals surface area contributed by atoms with E-state index in [1.54, 1.807) is 0 Å². The average molecular weight is 272 g/mol. The standard InChI is InChI=1S/C13H24N2O4/c1-13(2,3)19-12(18)8-14-7-10-5-4-6-15(10)9-11(16)17/h10,14H,4-9H2,1-3H3,(H,16,17)/t10-/m0/s1. The first-order valence-corrected chi connectivity index (χ1v) is 6.66. The quantitative estimate of drug-likeness (QED) is 0.684. The molecular weight excluding hydrogens is 248 g/mol. The van der Waals surface area contributed by atoms with E-state index < -0.39 is 11.6 Å². The summed E-state index contributed by atoms with van der Waals surface area (Å²) in [7, 11) is 0. The molecule has 0 aliphatic carbocycles. The van der Waals surface area contributed by atoms with Gasteiger partial charge in [0.1, 0.15) is 5.60 Å². The summed E-state index contributed by atoms with van der Waals surface area (Å²) < 4.78 is 5.18. The van der Waals surface area contributed by atoms with Gasteiger partial charge in [0, 0.05) is 12.6 Å². The summed E-state index contributed by atoms with van der Waals surface area (Å²) in [4.78, 5) is 24.1. The molecular formula is C13H24N2O4. The van der Waals surface area contributed by atoms with Gasteiger partial charge in [-0.1, -0.05) is 0 Å². The van der Waals surface area contributed by atoms with Crippen LogP contribution in [0, 0.1) is 0 Å². The molecule has 1 aliphatic heterocycles. The number of hydrogen-bond acceptors (Lipinski definition) is 5. The van der Waals surface area contributed by atoms with Crippen LogP contribution in [0.1, 0.15) is 33.6 Å². The van der Waals surface area contributed by atoms with Crippen LogP contribution in [0.3, 0.4) is 0 Å². The summed E-state index contributed by atoms with van der Waals surface area (Å²) in [5.41, 5.74) is -0.471. The maximum Gasteiger partial charge on any atom is 0.320 e. The first-order chi connectivity index (χ1) is 8.78. The van der Waals surface area contributed by atoms with Crippen LogP contribution in [0.15, 0.2) is 0 Å². The van der Waals surface area contributed by atoms with Gasteiger partial charge in [-0.05, 0) is 40.2 Å². The summed E-state index contributed by atoms with van der Waals surface area (Å²) in [5, 5.41) is 11.8. The molecule has 1 rings (SSSR count). The van der Waals surface area contributed by atoms with Crippen LogP contribution in [-0.2, 0) is 14.3 Å². The highest BCUT2D eigenvalue weighted by Crippen LogP contribution is 2.15. The molecule has 0 bridgehead atoms. The molecule has 0 amide bonds. The van der Waals surface area contributed by atoms with Gasteiger partial charge in [0.05, 0.1) is 13.1 Å².